The fourth-order valence-corrected chi connectivity index (χ4v) is 0.924. The van der Waals surface area contributed by atoms with Crippen molar-refractivity contribution >= 4 is 18.2 Å². The number of rotatable bonds is 2. The van der Waals surface area contributed by atoms with Gasteiger partial charge in [-0.1, -0.05) is 0 Å². The van der Waals surface area contributed by atoms with Crippen LogP contribution >= 0.6 is 0 Å². The van der Waals surface area contributed by atoms with Gasteiger partial charge >= 0.3 is 6.92 Å². The highest BCUT2D eigenvalue weighted by Gasteiger charge is 2.30. The van der Waals surface area contributed by atoms with Gasteiger partial charge in [0.1, 0.15) is 5.60 Å². The minimum Gasteiger partial charge on any atom is -0.473 e. The summed E-state index contributed by atoms with van der Waals surface area (Å²) in [4.78, 5) is 11.3. The molecule has 1 rings (SSSR count). The molecule has 0 unspecified atom stereocenters. The van der Waals surface area contributed by atoms with Crippen LogP contribution in [-0.4, -0.2) is 23.4 Å². The monoisotopic (exact) mass is 196 g/mol. The zero-order valence-electron chi connectivity index (χ0n) is 8.48. The first-order chi connectivity index (χ1) is 6.40. The summed E-state index contributed by atoms with van der Waals surface area (Å²) in [5, 5.41) is 9.51. The van der Waals surface area contributed by atoms with Gasteiger partial charge in [-0.25, -0.2) is 0 Å². The van der Waals surface area contributed by atoms with Crippen molar-refractivity contribution in [2.24, 2.45) is 0 Å². The van der Waals surface area contributed by atoms with Crippen molar-refractivity contribution in [3.8, 4) is 0 Å². The van der Waals surface area contributed by atoms with Crippen LogP contribution in [0.1, 0.15) is 20.8 Å². The van der Waals surface area contributed by atoms with Crippen molar-refractivity contribution in [1.29, 1.82) is 0 Å². The molecule has 0 aromatic carbocycles. The Morgan fingerprint density at radius 3 is 2.64 bits per heavy atom. The summed E-state index contributed by atoms with van der Waals surface area (Å²) in [6.45, 7) is 3.96. The highest BCUT2D eigenvalue weighted by atomic mass is 16.6. The van der Waals surface area contributed by atoms with Crippen LogP contribution in [0.2, 0.25) is 0 Å². The molecular weight excluding hydrogens is 183 g/mol. The molecule has 0 aliphatic carbocycles. The lowest BCUT2D eigenvalue weighted by Gasteiger charge is -2.20. The molecule has 5 heteroatoms. The van der Waals surface area contributed by atoms with Crippen molar-refractivity contribution < 1.29 is 19.0 Å². The molecule has 0 saturated heterocycles. The Morgan fingerprint density at radius 2 is 2.21 bits per heavy atom. The Bertz CT molecular complexity index is 299. The molecule has 0 atom stereocenters. The quantitative estimate of drug-likeness (QED) is 0.716. The maximum Gasteiger partial charge on any atom is 0.458 e. The number of ether oxygens (including phenoxy) is 1. The summed E-state index contributed by atoms with van der Waals surface area (Å²) in [6, 6.07) is 1.52. The van der Waals surface area contributed by atoms with Crippen LogP contribution in [-0.2, 0) is 4.74 Å². The van der Waals surface area contributed by atoms with Crippen molar-refractivity contribution in [3.05, 3.63) is 18.6 Å². The number of carbonyl (C=O) groups is 1. The third-order valence-electron chi connectivity index (χ3n) is 1.49. The van der Waals surface area contributed by atoms with Crippen molar-refractivity contribution in [2.75, 3.05) is 0 Å². The Kier molecular flexibility index (Phi) is 3.01. The van der Waals surface area contributed by atoms with E-state index in [2.05, 4.69) is 0 Å². The molecule has 1 N–H and O–H groups in total. The standard InChI is InChI=1S/C9H13BO4/c1-9(2,3)14-8(11)10(12)7-4-5-13-6-7/h4-6,12H,1-3H3. The molecule has 0 saturated carbocycles. The molecule has 0 spiro atoms. The SMILES string of the molecule is CC(C)(C)OC(=O)B(O)c1ccoc1. The predicted octanol–water partition coefficient (Wildman–Crippen LogP) is 0.987. The summed E-state index contributed by atoms with van der Waals surface area (Å²) in [5.74, 6) is -0.668. The number of carbonyl (C=O) groups excluding carboxylic acids is 1. The molecule has 0 bridgehead atoms. The third-order valence-corrected chi connectivity index (χ3v) is 1.49. The Hall–Kier alpha value is -1.23. The van der Waals surface area contributed by atoms with E-state index in [1.807, 2.05) is 0 Å². The van der Waals surface area contributed by atoms with Crippen LogP contribution in [0.5, 0.6) is 0 Å². The van der Waals surface area contributed by atoms with E-state index in [1.54, 1.807) is 20.8 Å². The van der Waals surface area contributed by atoms with Crippen LogP contribution < -0.4 is 5.46 Å². The largest absolute Gasteiger partial charge is 0.473 e. The second-order valence-electron chi connectivity index (χ2n) is 3.99. The van der Waals surface area contributed by atoms with Crippen molar-refractivity contribution in [2.45, 2.75) is 26.4 Å². The second kappa shape index (κ2) is 3.88. The average Bonchev–Trinajstić information content (AvgIpc) is 2.51. The molecule has 1 heterocycles. The van der Waals surface area contributed by atoms with Crippen LogP contribution in [0.4, 0.5) is 4.79 Å². The lowest BCUT2D eigenvalue weighted by molar-refractivity contribution is 0.0693. The van der Waals surface area contributed by atoms with Crippen LogP contribution in [0.25, 0.3) is 0 Å². The normalized spacial score (nSPS) is 11.1. The summed E-state index contributed by atoms with van der Waals surface area (Å²) in [5.41, 5.74) is -0.193. The molecular formula is C9H13BO4. The molecule has 14 heavy (non-hydrogen) atoms. The molecule has 1 aromatic rings. The summed E-state index contributed by atoms with van der Waals surface area (Å²) >= 11 is 0. The van der Waals surface area contributed by atoms with Gasteiger partial charge in [-0.2, -0.15) is 0 Å². The van der Waals surface area contributed by atoms with Crippen molar-refractivity contribution in [3.63, 3.8) is 0 Å². The fourth-order valence-electron chi connectivity index (χ4n) is 0.924. The molecule has 4 nitrogen and oxygen atoms in total. The first-order valence-electron chi connectivity index (χ1n) is 4.33. The molecule has 76 valence electrons. The van der Waals surface area contributed by atoms with E-state index in [4.69, 9.17) is 9.15 Å². The zero-order valence-corrected chi connectivity index (χ0v) is 8.48. The molecule has 0 aliphatic rings. The number of hydrogen-bond donors (Lipinski definition) is 1. The number of furan rings is 1. The van der Waals surface area contributed by atoms with Gasteiger partial charge in [0.15, 0.2) is 0 Å². The molecule has 0 amide bonds. The molecule has 0 radical (unpaired) electrons. The van der Waals surface area contributed by atoms with Gasteiger partial charge in [-0.05, 0) is 26.8 Å². The maximum atomic E-state index is 11.3. The van der Waals surface area contributed by atoms with Gasteiger partial charge < -0.3 is 14.2 Å². The van der Waals surface area contributed by atoms with E-state index in [9.17, 15) is 9.82 Å². The van der Waals surface area contributed by atoms with E-state index in [-0.39, 0.29) is 0 Å². The number of hydrogen-bond acceptors (Lipinski definition) is 4. The van der Waals surface area contributed by atoms with E-state index in [0.29, 0.717) is 5.46 Å². The van der Waals surface area contributed by atoms with Crippen LogP contribution in [0.15, 0.2) is 23.0 Å². The Labute approximate surface area is 83.0 Å². The average molecular weight is 196 g/mol. The minimum absolute atomic E-state index is 0.402. The molecule has 0 aliphatic heterocycles. The Balaban J connectivity index is 2.63. The van der Waals surface area contributed by atoms with Gasteiger partial charge in [0, 0.05) is 5.46 Å². The topological polar surface area (TPSA) is 59.7 Å². The van der Waals surface area contributed by atoms with Crippen molar-refractivity contribution in [1.82, 2.24) is 0 Å². The van der Waals surface area contributed by atoms with Gasteiger partial charge in [0.2, 0.25) is 0 Å². The Morgan fingerprint density at radius 1 is 1.57 bits per heavy atom. The zero-order chi connectivity index (χ0) is 10.8. The molecule has 1 aromatic heterocycles. The van der Waals surface area contributed by atoms with E-state index >= 15 is 0 Å². The second-order valence-corrected chi connectivity index (χ2v) is 3.99. The highest BCUT2D eigenvalue weighted by molar-refractivity contribution is 6.92. The first-order valence-corrected chi connectivity index (χ1v) is 4.33. The van der Waals surface area contributed by atoms with E-state index in [1.165, 1.54) is 18.6 Å². The van der Waals surface area contributed by atoms with E-state index < -0.39 is 18.4 Å². The third kappa shape index (κ3) is 2.92. The smallest absolute Gasteiger partial charge is 0.458 e. The van der Waals surface area contributed by atoms with Gasteiger partial charge in [0.25, 0.3) is 5.87 Å². The maximum absolute atomic E-state index is 11.3. The van der Waals surface area contributed by atoms with Crippen LogP contribution in [0.3, 0.4) is 0 Å². The van der Waals surface area contributed by atoms with E-state index in [0.717, 1.165) is 0 Å². The van der Waals surface area contributed by atoms with Gasteiger partial charge in [-0.3, -0.25) is 4.79 Å². The summed E-state index contributed by atoms with van der Waals surface area (Å²) in [7, 11) is 0. The van der Waals surface area contributed by atoms with Gasteiger partial charge in [0.05, 0.1) is 12.5 Å². The van der Waals surface area contributed by atoms with Crippen LogP contribution in [0, 0.1) is 0 Å². The van der Waals surface area contributed by atoms with Gasteiger partial charge in [-0.15, -0.1) is 0 Å². The summed E-state index contributed by atoms with van der Waals surface area (Å²) < 4.78 is 9.74. The first kappa shape index (κ1) is 10.9. The summed E-state index contributed by atoms with van der Waals surface area (Å²) in [6.07, 6.45) is 2.71. The lowest BCUT2D eigenvalue weighted by Crippen LogP contribution is -2.42. The minimum atomic E-state index is -1.27. The fraction of sp³-hybridized carbons (Fsp3) is 0.444. The predicted molar refractivity (Wildman–Crippen MR) is 52.5 cm³/mol. The molecule has 0 fully saturated rings. The lowest BCUT2D eigenvalue weighted by atomic mass is 9.63. The highest BCUT2D eigenvalue weighted by Crippen LogP contribution is 2.08.